The Labute approximate surface area is 125 Å². The average Bonchev–Trinajstić information content (AvgIpc) is 2.85. The molecule has 2 unspecified atom stereocenters. The van der Waals surface area contributed by atoms with E-state index in [1.165, 1.54) is 18.4 Å². The van der Waals surface area contributed by atoms with E-state index in [1.54, 1.807) is 0 Å². The highest BCUT2D eigenvalue weighted by molar-refractivity contribution is 9.11. The predicted molar refractivity (Wildman–Crippen MR) is 80.1 cm³/mol. The van der Waals surface area contributed by atoms with Gasteiger partial charge in [0.25, 0.3) is 0 Å². The summed E-state index contributed by atoms with van der Waals surface area (Å²) in [6, 6.07) is 6.34. The topological polar surface area (TPSA) is 47.3 Å². The van der Waals surface area contributed by atoms with Gasteiger partial charge >= 0.3 is 0 Å². The summed E-state index contributed by atoms with van der Waals surface area (Å²) in [6.07, 6.45) is 4.82. The van der Waals surface area contributed by atoms with Crippen molar-refractivity contribution >= 4 is 31.9 Å². The van der Waals surface area contributed by atoms with Gasteiger partial charge in [0.15, 0.2) is 0 Å². The molecule has 0 saturated carbocycles. The van der Waals surface area contributed by atoms with E-state index in [9.17, 15) is 0 Å². The standard InChI is InChI=1S/C13H18Br2N2O/c14-9-3-5-11(12(15)8-9)13(17-16)6-4-10-2-1-7-18-10/h3,5,8,10,13,17H,1-2,4,6-7,16H2. The van der Waals surface area contributed by atoms with Crippen molar-refractivity contribution in [3.63, 3.8) is 0 Å². The lowest BCUT2D eigenvalue weighted by Gasteiger charge is -2.19. The van der Waals surface area contributed by atoms with Gasteiger partial charge in [-0.2, -0.15) is 0 Å². The van der Waals surface area contributed by atoms with Crippen LogP contribution in [0.4, 0.5) is 0 Å². The third-order valence-corrected chi connectivity index (χ3v) is 4.52. The van der Waals surface area contributed by atoms with Gasteiger partial charge in [0.2, 0.25) is 0 Å². The van der Waals surface area contributed by atoms with Gasteiger partial charge < -0.3 is 4.74 Å². The molecule has 1 heterocycles. The lowest BCUT2D eigenvalue weighted by Crippen LogP contribution is -2.29. The molecule has 0 radical (unpaired) electrons. The minimum atomic E-state index is 0.164. The van der Waals surface area contributed by atoms with Crippen LogP contribution in [0.25, 0.3) is 0 Å². The summed E-state index contributed by atoms with van der Waals surface area (Å²) in [6.45, 7) is 0.910. The van der Waals surface area contributed by atoms with Crippen LogP contribution < -0.4 is 11.3 Å². The molecule has 0 aliphatic carbocycles. The molecule has 0 amide bonds. The van der Waals surface area contributed by atoms with Crippen LogP contribution >= 0.6 is 31.9 Å². The molecule has 1 fully saturated rings. The van der Waals surface area contributed by atoms with Crippen molar-refractivity contribution in [2.45, 2.75) is 37.8 Å². The van der Waals surface area contributed by atoms with Gasteiger partial charge in [-0.15, -0.1) is 0 Å². The zero-order chi connectivity index (χ0) is 13.0. The van der Waals surface area contributed by atoms with E-state index in [4.69, 9.17) is 10.6 Å². The lowest BCUT2D eigenvalue weighted by atomic mass is 10.00. The highest BCUT2D eigenvalue weighted by atomic mass is 79.9. The van der Waals surface area contributed by atoms with Gasteiger partial charge in [0.05, 0.1) is 6.10 Å². The quantitative estimate of drug-likeness (QED) is 0.607. The van der Waals surface area contributed by atoms with E-state index in [2.05, 4.69) is 43.4 Å². The van der Waals surface area contributed by atoms with E-state index in [0.717, 1.165) is 28.4 Å². The zero-order valence-corrected chi connectivity index (χ0v) is 13.3. The molecule has 1 aliphatic rings. The molecule has 3 N–H and O–H groups in total. The molecule has 0 spiro atoms. The van der Waals surface area contributed by atoms with Crippen LogP contribution in [-0.4, -0.2) is 12.7 Å². The van der Waals surface area contributed by atoms with E-state index in [0.29, 0.717) is 6.10 Å². The van der Waals surface area contributed by atoms with E-state index < -0.39 is 0 Å². The Kier molecular flexibility index (Phi) is 5.63. The SMILES string of the molecule is NNC(CCC1CCCO1)c1ccc(Br)cc1Br. The van der Waals surface area contributed by atoms with Crippen LogP contribution in [0, 0.1) is 0 Å². The third-order valence-electron chi connectivity index (χ3n) is 3.34. The average molecular weight is 378 g/mol. The number of hydrazine groups is 1. The summed E-state index contributed by atoms with van der Waals surface area (Å²) in [4.78, 5) is 0. The first-order valence-corrected chi connectivity index (χ1v) is 7.82. The van der Waals surface area contributed by atoms with Crippen LogP contribution in [-0.2, 0) is 4.74 Å². The van der Waals surface area contributed by atoms with Crippen molar-refractivity contribution in [3.05, 3.63) is 32.7 Å². The summed E-state index contributed by atoms with van der Waals surface area (Å²) in [5.74, 6) is 5.67. The second-order valence-electron chi connectivity index (χ2n) is 4.60. The highest BCUT2D eigenvalue weighted by Gasteiger charge is 2.19. The molecule has 0 bridgehead atoms. The Morgan fingerprint density at radius 2 is 2.28 bits per heavy atom. The van der Waals surface area contributed by atoms with Crippen molar-refractivity contribution in [1.29, 1.82) is 0 Å². The van der Waals surface area contributed by atoms with Crippen LogP contribution in [0.3, 0.4) is 0 Å². The first-order chi connectivity index (χ1) is 8.70. The normalized spacial score (nSPS) is 21.2. The minimum absolute atomic E-state index is 0.164. The maximum Gasteiger partial charge on any atom is 0.0576 e. The smallest absolute Gasteiger partial charge is 0.0576 e. The number of hydrogen-bond acceptors (Lipinski definition) is 3. The van der Waals surface area contributed by atoms with Crippen molar-refractivity contribution in [3.8, 4) is 0 Å². The summed E-state index contributed by atoms with van der Waals surface area (Å²) >= 11 is 7.04. The van der Waals surface area contributed by atoms with E-state index in [-0.39, 0.29) is 6.04 Å². The largest absolute Gasteiger partial charge is 0.378 e. The fourth-order valence-electron chi connectivity index (χ4n) is 2.34. The number of rotatable bonds is 5. The molecule has 2 atom stereocenters. The maximum atomic E-state index is 5.67. The van der Waals surface area contributed by atoms with Gasteiger partial charge in [0.1, 0.15) is 0 Å². The Morgan fingerprint density at radius 3 is 2.89 bits per heavy atom. The molecule has 1 saturated heterocycles. The molecular weight excluding hydrogens is 360 g/mol. The van der Waals surface area contributed by atoms with Gasteiger partial charge in [-0.05, 0) is 43.4 Å². The van der Waals surface area contributed by atoms with Crippen molar-refractivity contribution in [2.24, 2.45) is 5.84 Å². The molecular formula is C13H18Br2N2O. The molecule has 1 aliphatic heterocycles. The van der Waals surface area contributed by atoms with Crippen molar-refractivity contribution < 1.29 is 4.74 Å². The van der Waals surface area contributed by atoms with Gasteiger partial charge in [-0.25, -0.2) is 0 Å². The Hall–Kier alpha value is 0.0600. The fraction of sp³-hybridized carbons (Fsp3) is 0.538. The van der Waals surface area contributed by atoms with Crippen molar-refractivity contribution in [2.75, 3.05) is 6.61 Å². The molecule has 100 valence electrons. The second-order valence-corrected chi connectivity index (χ2v) is 6.37. The number of halogens is 2. The Morgan fingerprint density at radius 1 is 1.44 bits per heavy atom. The number of ether oxygens (including phenoxy) is 1. The van der Waals surface area contributed by atoms with Crippen LogP contribution in [0.2, 0.25) is 0 Å². The molecule has 18 heavy (non-hydrogen) atoms. The summed E-state index contributed by atoms with van der Waals surface area (Å²) in [5.41, 5.74) is 4.09. The monoisotopic (exact) mass is 376 g/mol. The molecule has 1 aromatic carbocycles. The molecule has 5 heteroatoms. The van der Waals surface area contributed by atoms with Gasteiger partial charge in [-0.3, -0.25) is 11.3 Å². The second kappa shape index (κ2) is 7.01. The van der Waals surface area contributed by atoms with Crippen LogP contribution in [0.1, 0.15) is 37.3 Å². The molecule has 0 aromatic heterocycles. The van der Waals surface area contributed by atoms with E-state index >= 15 is 0 Å². The first-order valence-electron chi connectivity index (χ1n) is 6.23. The third kappa shape index (κ3) is 3.78. The summed E-state index contributed by atoms with van der Waals surface area (Å²) < 4.78 is 7.78. The van der Waals surface area contributed by atoms with Gasteiger partial charge in [-0.1, -0.05) is 37.9 Å². The summed E-state index contributed by atoms with van der Waals surface area (Å²) in [5, 5.41) is 0. The lowest BCUT2D eigenvalue weighted by molar-refractivity contribution is 0.0996. The van der Waals surface area contributed by atoms with Crippen LogP contribution in [0.15, 0.2) is 27.1 Å². The number of nitrogens with one attached hydrogen (secondary N) is 1. The van der Waals surface area contributed by atoms with Gasteiger partial charge in [0, 0.05) is 21.6 Å². The zero-order valence-electron chi connectivity index (χ0n) is 10.2. The highest BCUT2D eigenvalue weighted by Crippen LogP contribution is 2.30. The molecule has 1 aromatic rings. The number of benzene rings is 1. The number of nitrogens with two attached hydrogens (primary N) is 1. The van der Waals surface area contributed by atoms with E-state index in [1.807, 2.05) is 12.1 Å². The molecule has 3 nitrogen and oxygen atoms in total. The maximum absolute atomic E-state index is 5.67. The Bertz CT molecular complexity index is 395. The fourth-order valence-corrected chi connectivity index (χ4v) is 3.66. The summed E-state index contributed by atoms with van der Waals surface area (Å²) in [7, 11) is 0. The number of hydrogen-bond donors (Lipinski definition) is 2. The Balaban J connectivity index is 1.98. The molecule has 2 rings (SSSR count). The first kappa shape index (κ1) is 14.5. The predicted octanol–water partition coefficient (Wildman–Crippen LogP) is 3.68. The van der Waals surface area contributed by atoms with Crippen LogP contribution in [0.5, 0.6) is 0 Å². The van der Waals surface area contributed by atoms with Crippen molar-refractivity contribution in [1.82, 2.24) is 5.43 Å². The minimum Gasteiger partial charge on any atom is -0.378 e.